The lowest BCUT2D eigenvalue weighted by molar-refractivity contribution is -0.154. The van der Waals surface area contributed by atoms with Gasteiger partial charge < -0.3 is 14.4 Å². The van der Waals surface area contributed by atoms with E-state index in [1.54, 1.807) is 0 Å². The highest BCUT2D eigenvalue weighted by atomic mass is 19.4. The number of rotatable bonds is 6. The zero-order valence-electron chi connectivity index (χ0n) is 13.5. The zero-order chi connectivity index (χ0) is 19.4. The summed E-state index contributed by atoms with van der Waals surface area (Å²) in [6.45, 7) is -1.82. The van der Waals surface area contributed by atoms with Gasteiger partial charge in [-0.25, -0.2) is 14.6 Å². The lowest BCUT2D eigenvalue weighted by atomic mass is 10.2. The van der Waals surface area contributed by atoms with Crippen molar-refractivity contribution in [2.75, 3.05) is 6.61 Å². The van der Waals surface area contributed by atoms with Crippen LogP contribution in [0.4, 0.5) is 13.2 Å². The van der Waals surface area contributed by atoms with Gasteiger partial charge in [0.1, 0.15) is 12.2 Å². The van der Waals surface area contributed by atoms with Crippen LogP contribution in [0.15, 0.2) is 39.9 Å². The van der Waals surface area contributed by atoms with E-state index in [2.05, 4.69) is 25.0 Å². The molecule has 0 fully saturated rings. The van der Waals surface area contributed by atoms with Crippen LogP contribution in [0.5, 0.6) is 6.01 Å². The monoisotopic (exact) mass is 383 g/mol. The molecule has 3 aromatic rings. The Hall–Kier alpha value is -3.28. The van der Waals surface area contributed by atoms with Crippen LogP contribution < -0.4 is 10.3 Å². The van der Waals surface area contributed by atoms with Crippen LogP contribution in [0.2, 0.25) is 0 Å². The van der Waals surface area contributed by atoms with Crippen molar-refractivity contribution in [2.45, 2.75) is 19.3 Å². The summed E-state index contributed by atoms with van der Waals surface area (Å²) in [5, 5.41) is 16.7. The van der Waals surface area contributed by atoms with Crippen molar-refractivity contribution in [3.8, 4) is 17.3 Å². The molecule has 0 aliphatic carbocycles. The van der Waals surface area contributed by atoms with Gasteiger partial charge in [0, 0.05) is 30.1 Å². The summed E-state index contributed by atoms with van der Waals surface area (Å²) in [6, 6.07) is 3.74. The van der Waals surface area contributed by atoms with E-state index in [4.69, 9.17) is 9.63 Å². The minimum absolute atomic E-state index is 0.0205. The first-order chi connectivity index (χ1) is 12.8. The third-order valence-corrected chi connectivity index (χ3v) is 3.23. The smallest absolute Gasteiger partial charge is 0.422 e. The number of halogens is 3. The van der Waals surface area contributed by atoms with Gasteiger partial charge in [-0.05, 0) is 6.07 Å². The third kappa shape index (κ3) is 4.88. The maximum atomic E-state index is 12.1. The van der Waals surface area contributed by atoms with Crippen molar-refractivity contribution >= 4 is 0 Å². The van der Waals surface area contributed by atoms with Crippen molar-refractivity contribution in [2.24, 2.45) is 0 Å². The molecule has 0 radical (unpaired) electrons. The van der Waals surface area contributed by atoms with E-state index in [9.17, 15) is 18.0 Å². The SMILES string of the molecule is O=c1ccc(-c2cnc(OCC(F)(F)F)nc2)nn1Cc1cc(CO)no1. The Morgan fingerprint density at radius 1 is 1.22 bits per heavy atom. The largest absolute Gasteiger partial charge is 0.454 e. The van der Waals surface area contributed by atoms with E-state index in [0.717, 1.165) is 4.68 Å². The van der Waals surface area contributed by atoms with Gasteiger partial charge in [-0.1, -0.05) is 5.16 Å². The molecule has 3 rings (SSSR count). The lowest BCUT2D eigenvalue weighted by Crippen LogP contribution is -2.22. The summed E-state index contributed by atoms with van der Waals surface area (Å²) >= 11 is 0. The number of aromatic nitrogens is 5. The molecule has 3 aromatic heterocycles. The Balaban J connectivity index is 1.77. The molecule has 9 nitrogen and oxygen atoms in total. The van der Waals surface area contributed by atoms with Crippen LogP contribution in [0.3, 0.4) is 0 Å². The van der Waals surface area contributed by atoms with Gasteiger partial charge in [0.15, 0.2) is 12.4 Å². The van der Waals surface area contributed by atoms with Gasteiger partial charge in [0.2, 0.25) is 0 Å². The Bertz CT molecular complexity index is 969. The predicted molar refractivity (Wildman–Crippen MR) is 82.6 cm³/mol. The lowest BCUT2D eigenvalue weighted by Gasteiger charge is -2.08. The van der Waals surface area contributed by atoms with Crippen LogP contribution in [0, 0.1) is 0 Å². The second kappa shape index (κ2) is 7.53. The number of alkyl halides is 3. The molecule has 0 amide bonds. The molecule has 0 atom stereocenters. The number of hydrogen-bond donors (Lipinski definition) is 1. The van der Waals surface area contributed by atoms with Crippen LogP contribution in [-0.2, 0) is 13.2 Å². The first-order valence-electron chi connectivity index (χ1n) is 7.49. The fourth-order valence-electron chi connectivity index (χ4n) is 2.04. The Kier molecular flexibility index (Phi) is 5.16. The second-order valence-corrected chi connectivity index (χ2v) is 5.32. The molecule has 3 heterocycles. The van der Waals surface area contributed by atoms with Crippen molar-refractivity contribution in [3.05, 3.63) is 52.4 Å². The molecule has 0 saturated heterocycles. The maximum Gasteiger partial charge on any atom is 0.422 e. The first kappa shape index (κ1) is 18.5. The van der Waals surface area contributed by atoms with E-state index in [1.165, 1.54) is 30.6 Å². The van der Waals surface area contributed by atoms with Crippen molar-refractivity contribution in [3.63, 3.8) is 0 Å². The van der Waals surface area contributed by atoms with Crippen molar-refractivity contribution in [1.82, 2.24) is 24.9 Å². The van der Waals surface area contributed by atoms with Gasteiger partial charge in [0.05, 0.1) is 12.3 Å². The molecule has 0 saturated carbocycles. The van der Waals surface area contributed by atoms with Crippen LogP contribution >= 0.6 is 0 Å². The average molecular weight is 383 g/mol. The normalized spacial score (nSPS) is 11.6. The third-order valence-electron chi connectivity index (χ3n) is 3.23. The molecule has 0 unspecified atom stereocenters. The summed E-state index contributed by atoms with van der Waals surface area (Å²) in [5.74, 6) is 0.318. The van der Waals surface area contributed by atoms with E-state index < -0.39 is 24.4 Å². The standard InChI is InChI=1S/C15H12F3N5O4/c16-15(17,18)8-26-14-19-4-9(5-20-14)12-1-2-13(25)23(21-12)6-11-3-10(7-24)22-27-11/h1-5,24H,6-8H2. The van der Waals surface area contributed by atoms with Crippen molar-refractivity contribution < 1.29 is 27.5 Å². The molecule has 142 valence electrons. The van der Waals surface area contributed by atoms with Crippen LogP contribution in [0.1, 0.15) is 11.5 Å². The fourth-order valence-corrected chi connectivity index (χ4v) is 2.04. The van der Waals surface area contributed by atoms with Gasteiger partial charge in [-0.15, -0.1) is 0 Å². The predicted octanol–water partition coefficient (Wildman–Crippen LogP) is 1.17. The summed E-state index contributed by atoms with van der Waals surface area (Å²) in [7, 11) is 0. The quantitative estimate of drug-likeness (QED) is 0.674. The van der Waals surface area contributed by atoms with E-state index >= 15 is 0 Å². The van der Waals surface area contributed by atoms with Gasteiger partial charge >= 0.3 is 12.2 Å². The fraction of sp³-hybridized carbons (Fsp3) is 0.267. The summed E-state index contributed by atoms with van der Waals surface area (Å²) in [6.07, 6.45) is -2.03. The number of nitrogens with zero attached hydrogens (tertiary/aromatic N) is 5. The van der Waals surface area contributed by atoms with Gasteiger partial charge in [0.25, 0.3) is 5.56 Å². The molecule has 0 aliphatic heterocycles. The van der Waals surface area contributed by atoms with Crippen molar-refractivity contribution in [1.29, 1.82) is 0 Å². The topological polar surface area (TPSA) is 116 Å². The molecule has 0 aliphatic rings. The van der Waals surface area contributed by atoms with Gasteiger partial charge in [-0.3, -0.25) is 4.79 Å². The van der Waals surface area contributed by atoms with E-state index in [-0.39, 0.29) is 13.2 Å². The van der Waals surface area contributed by atoms with E-state index in [1.807, 2.05) is 0 Å². The van der Waals surface area contributed by atoms with Crippen LogP contribution in [0.25, 0.3) is 11.3 Å². The first-order valence-corrected chi connectivity index (χ1v) is 7.49. The highest BCUT2D eigenvalue weighted by molar-refractivity contribution is 5.55. The molecule has 0 aromatic carbocycles. The molecular weight excluding hydrogens is 371 g/mol. The number of aliphatic hydroxyl groups is 1. The molecule has 0 spiro atoms. The highest BCUT2D eigenvalue weighted by Crippen LogP contribution is 2.18. The summed E-state index contributed by atoms with van der Waals surface area (Å²) in [5.41, 5.74) is 0.597. The molecule has 0 bridgehead atoms. The minimum atomic E-state index is -4.49. The number of hydrogen-bond acceptors (Lipinski definition) is 8. The van der Waals surface area contributed by atoms with Gasteiger partial charge in [-0.2, -0.15) is 18.3 Å². The second-order valence-electron chi connectivity index (χ2n) is 5.32. The minimum Gasteiger partial charge on any atom is -0.454 e. The molecule has 27 heavy (non-hydrogen) atoms. The number of aliphatic hydroxyl groups excluding tert-OH is 1. The number of ether oxygens (including phenoxy) is 1. The molecular formula is C15H12F3N5O4. The summed E-state index contributed by atoms with van der Waals surface area (Å²) < 4.78 is 46.9. The molecule has 1 N–H and O–H groups in total. The summed E-state index contributed by atoms with van der Waals surface area (Å²) in [4.78, 5) is 19.3. The Morgan fingerprint density at radius 3 is 2.59 bits per heavy atom. The molecule has 12 heteroatoms. The zero-order valence-corrected chi connectivity index (χ0v) is 13.5. The maximum absolute atomic E-state index is 12.1. The average Bonchev–Trinajstić information content (AvgIpc) is 3.09. The Labute approximate surface area is 149 Å². The van der Waals surface area contributed by atoms with E-state index in [0.29, 0.717) is 22.7 Å². The van der Waals surface area contributed by atoms with Crippen LogP contribution in [-0.4, -0.2) is 42.8 Å². The Morgan fingerprint density at radius 2 is 1.96 bits per heavy atom. The highest BCUT2D eigenvalue weighted by Gasteiger charge is 2.28.